The van der Waals surface area contributed by atoms with Crippen molar-refractivity contribution < 1.29 is 43.2 Å². The van der Waals surface area contributed by atoms with Gasteiger partial charge in [0.25, 0.3) is 0 Å². The van der Waals surface area contributed by atoms with Gasteiger partial charge in [-0.2, -0.15) is 0 Å². The standard InChI is InChI=1S/C21H26O9/c1-8(2)19(24)30-15-13-10(4)20(25)28-12(13)7-9(3)14-16(29-14)17(23)21(6,26)18(15)27-11(5)22/h9,12-16,18,26H,1,4,7H2,2-3,5-6H3/t9?,12-,13?,14?,15?,16?,18?,21?/m0/s1. The summed E-state index contributed by atoms with van der Waals surface area (Å²) in [7, 11) is 0. The third-order valence-electron chi connectivity index (χ3n) is 5.86. The molecule has 1 aliphatic carbocycles. The number of rotatable bonds is 3. The zero-order valence-electron chi connectivity index (χ0n) is 17.4. The molecule has 8 atom stereocenters. The molecule has 2 saturated heterocycles. The largest absolute Gasteiger partial charge is 0.458 e. The van der Waals surface area contributed by atoms with Gasteiger partial charge in [-0.05, 0) is 26.2 Å². The van der Waals surface area contributed by atoms with Crippen molar-refractivity contribution in [2.24, 2.45) is 11.8 Å². The minimum atomic E-state index is -2.27. The maximum atomic E-state index is 13.0. The van der Waals surface area contributed by atoms with E-state index in [2.05, 4.69) is 13.2 Å². The van der Waals surface area contributed by atoms with Crippen LogP contribution in [0.5, 0.6) is 0 Å². The highest BCUT2D eigenvalue weighted by Gasteiger charge is 2.62. The van der Waals surface area contributed by atoms with Crippen LogP contribution in [0.15, 0.2) is 24.3 Å². The average Bonchev–Trinajstić information content (AvgIpc) is 3.39. The summed E-state index contributed by atoms with van der Waals surface area (Å²) in [5.41, 5.74) is -2.22. The van der Waals surface area contributed by atoms with E-state index in [9.17, 15) is 24.3 Å². The number of ketones is 1. The number of Topliss-reactive ketones (excluding diaryl/α,β-unsaturated/α-hetero) is 1. The Bertz CT molecular complexity index is 826. The Morgan fingerprint density at radius 2 is 1.87 bits per heavy atom. The van der Waals surface area contributed by atoms with Crippen LogP contribution in [-0.4, -0.2) is 64.9 Å². The predicted molar refractivity (Wildman–Crippen MR) is 101 cm³/mol. The van der Waals surface area contributed by atoms with Crippen LogP contribution < -0.4 is 0 Å². The molecule has 1 N–H and O–H groups in total. The summed E-state index contributed by atoms with van der Waals surface area (Å²) >= 11 is 0. The number of ether oxygens (including phenoxy) is 4. The molecule has 30 heavy (non-hydrogen) atoms. The lowest BCUT2D eigenvalue weighted by atomic mass is 9.75. The number of carbonyl (C=O) groups excluding carboxylic acids is 4. The van der Waals surface area contributed by atoms with Crippen molar-refractivity contribution in [3.8, 4) is 0 Å². The van der Waals surface area contributed by atoms with Crippen molar-refractivity contribution in [1.82, 2.24) is 0 Å². The van der Waals surface area contributed by atoms with Gasteiger partial charge in [0.05, 0.1) is 12.0 Å². The Morgan fingerprint density at radius 3 is 2.43 bits per heavy atom. The van der Waals surface area contributed by atoms with Crippen LogP contribution in [0.3, 0.4) is 0 Å². The average molecular weight is 422 g/mol. The molecule has 3 rings (SSSR count). The fourth-order valence-electron chi connectivity index (χ4n) is 4.18. The minimum Gasteiger partial charge on any atom is -0.458 e. The molecule has 7 unspecified atom stereocenters. The van der Waals surface area contributed by atoms with Gasteiger partial charge in [0, 0.05) is 18.1 Å². The lowest BCUT2D eigenvalue weighted by molar-refractivity contribution is -0.196. The van der Waals surface area contributed by atoms with Crippen molar-refractivity contribution in [3.63, 3.8) is 0 Å². The molecule has 164 valence electrons. The van der Waals surface area contributed by atoms with Crippen LogP contribution in [0.25, 0.3) is 0 Å². The summed E-state index contributed by atoms with van der Waals surface area (Å²) in [5, 5.41) is 11.2. The molecule has 0 spiro atoms. The Balaban J connectivity index is 2.14. The summed E-state index contributed by atoms with van der Waals surface area (Å²) < 4.78 is 21.8. The quantitative estimate of drug-likeness (QED) is 0.301. The smallest absolute Gasteiger partial charge is 0.334 e. The topological polar surface area (TPSA) is 129 Å². The zero-order valence-corrected chi connectivity index (χ0v) is 17.4. The van der Waals surface area contributed by atoms with Gasteiger partial charge < -0.3 is 24.1 Å². The Morgan fingerprint density at radius 1 is 1.23 bits per heavy atom. The lowest BCUT2D eigenvalue weighted by Gasteiger charge is -2.39. The molecular formula is C21H26O9. The Hall–Kier alpha value is -2.52. The fourth-order valence-corrected chi connectivity index (χ4v) is 4.18. The SMILES string of the molecule is C=C(C)C(=O)OC1C2C(=C)C(=O)O[C@H]2CC(C)C2OC2C(=O)C(C)(O)C1OC(C)=O. The second kappa shape index (κ2) is 7.63. The van der Waals surface area contributed by atoms with Gasteiger partial charge in [-0.3, -0.25) is 9.59 Å². The number of hydrogen-bond donors (Lipinski definition) is 1. The first-order chi connectivity index (χ1) is 13.9. The third-order valence-corrected chi connectivity index (χ3v) is 5.86. The summed E-state index contributed by atoms with van der Waals surface area (Å²) in [5.74, 6) is -4.16. The van der Waals surface area contributed by atoms with E-state index in [-0.39, 0.29) is 17.1 Å². The third kappa shape index (κ3) is 3.79. The van der Waals surface area contributed by atoms with Crippen molar-refractivity contribution in [2.45, 2.75) is 70.2 Å². The monoisotopic (exact) mass is 422 g/mol. The highest BCUT2D eigenvalue weighted by atomic mass is 16.6. The van der Waals surface area contributed by atoms with E-state index in [4.69, 9.17) is 18.9 Å². The highest BCUT2D eigenvalue weighted by Crippen LogP contribution is 2.45. The molecule has 0 radical (unpaired) electrons. The number of epoxide rings is 1. The molecule has 0 aromatic rings. The molecule has 2 heterocycles. The molecule has 2 aliphatic heterocycles. The molecule has 0 aromatic heterocycles. The summed E-state index contributed by atoms with van der Waals surface area (Å²) in [6.07, 6.45) is -4.87. The van der Waals surface area contributed by atoms with E-state index in [0.29, 0.717) is 6.42 Å². The van der Waals surface area contributed by atoms with Crippen LogP contribution in [0.2, 0.25) is 0 Å². The van der Waals surface area contributed by atoms with Crippen LogP contribution >= 0.6 is 0 Å². The molecule has 0 bridgehead atoms. The molecule has 0 amide bonds. The van der Waals surface area contributed by atoms with E-state index in [1.165, 1.54) is 13.8 Å². The first kappa shape index (κ1) is 22.2. The summed E-state index contributed by atoms with van der Waals surface area (Å²) in [4.78, 5) is 49.6. The van der Waals surface area contributed by atoms with E-state index >= 15 is 0 Å². The van der Waals surface area contributed by atoms with Crippen LogP contribution in [0.4, 0.5) is 0 Å². The Kier molecular flexibility index (Phi) is 5.64. The number of hydrogen-bond acceptors (Lipinski definition) is 9. The molecular weight excluding hydrogens is 396 g/mol. The highest BCUT2D eigenvalue weighted by molar-refractivity contribution is 5.95. The van der Waals surface area contributed by atoms with E-state index < -0.39 is 65.7 Å². The molecule has 9 nitrogen and oxygen atoms in total. The number of esters is 3. The minimum absolute atomic E-state index is 0.000884. The first-order valence-corrected chi connectivity index (χ1v) is 9.71. The van der Waals surface area contributed by atoms with Gasteiger partial charge in [-0.15, -0.1) is 0 Å². The normalized spacial score (nSPS) is 40.6. The lowest BCUT2D eigenvalue weighted by Crippen LogP contribution is -2.60. The van der Waals surface area contributed by atoms with E-state index in [1.807, 2.05) is 6.92 Å². The summed E-state index contributed by atoms with van der Waals surface area (Å²) in [6, 6.07) is 0. The van der Waals surface area contributed by atoms with Gasteiger partial charge in [0.2, 0.25) is 0 Å². The summed E-state index contributed by atoms with van der Waals surface area (Å²) in [6.45, 7) is 12.8. The van der Waals surface area contributed by atoms with Crippen molar-refractivity contribution in [2.75, 3.05) is 0 Å². The fraction of sp³-hybridized carbons (Fsp3) is 0.619. The molecule has 3 fully saturated rings. The number of carbonyl (C=O) groups is 4. The van der Waals surface area contributed by atoms with Crippen LogP contribution in [-0.2, 0) is 38.1 Å². The molecule has 9 heteroatoms. The van der Waals surface area contributed by atoms with Gasteiger partial charge in [-0.1, -0.05) is 20.1 Å². The van der Waals surface area contributed by atoms with Crippen molar-refractivity contribution >= 4 is 23.7 Å². The molecule has 0 aromatic carbocycles. The van der Waals surface area contributed by atoms with Gasteiger partial charge in [-0.25, -0.2) is 9.59 Å². The van der Waals surface area contributed by atoms with E-state index in [1.54, 1.807) is 0 Å². The number of aliphatic hydroxyl groups is 1. The van der Waals surface area contributed by atoms with Crippen LogP contribution in [0.1, 0.15) is 34.1 Å². The number of fused-ring (bicyclic) bond motifs is 2. The second-order valence-corrected chi connectivity index (χ2v) is 8.42. The van der Waals surface area contributed by atoms with Crippen molar-refractivity contribution in [3.05, 3.63) is 24.3 Å². The molecule has 1 saturated carbocycles. The molecule has 3 aliphatic rings. The first-order valence-electron chi connectivity index (χ1n) is 9.71. The second-order valence-electron chi connectivity index (χ2n) is 8.42. The zero-order chi connectivity index (χ0) is 22.5. The maximum absolute atomic E-state index is 13.0. The van der Waals surface area contributed by atoms with Crippen LogP contribution in [0, 0.1) is 11.8 Å². The van der Waals surface area contributed by atoms with Gasteiger partial charge in [0.1, 0.15) is 12.2 Å². The van der Waals surface area contributed by atoms with Gasteiger partial charge >= 0.3 is 17.9 Å². The van der Waals surface area contributed by atoms with E-state index in [0.717, 1.165) is 6.92 Å². The Labute approximate surface area is 174 Å². The predicted octanol–water partition coefficient (Wildman–Crippen LogP) is 0.631. The van der Waals surface area contributed by atoms with Crippen molar-refractivity contribution in [1.29, 1.82) is 0 Å². The maximum Gasteiger partial charge on any atom is 0.334 e. The van der Waals surface area contributed by atoms with Gasteiger partial charge in [0.15, 0.2) is 23.6 Å².